The smallest absolute Gasteiger partial charge is 0.0411 e. The first kappa shape index (κ1) is 9.73. The van der Waals surface area contributed by atoms with Gasteiger partial charge in [0.2, 0.25) is 0 Å². The highest BCUT2D eigenvalue weighted by Crippen LogP contribution is 2.12. The van der Waals surface area contributed by atoms with E-state index in [0.717, 1.165) is 5.02 Å². The monoisotopic (exact) mass is 172 g/mol. The molecule has 1 aromatic rings. The summed E-state index contributed by atoms with van der Waals surface area (Å²) in [6, 6.07) is 6.01. The van der Waals surface area contributed by atoms with E-state index in [-0.39, 0.29) is 11.0 Å². The molecule has 0 aliphatic rings. The first-order valence-electron chi connectivity index (χ1n) is 2.92. The molecule has 0 bridgehead atoms. The summed E-state index contributed by atoms with van der Waals surface area (Å²) < 4.78 is 0. The highest BCUT2D eigenvalue weighted by Gasteiger charge is 1.89. The maximum Gasteiger partial charge on any atom is 0.0411 e. The van der Waals surface area contributed by atoms with Crippen LogP contribution in [0.15, 0.2) is 18.2 Å². The van der Waals surface area contributed by atoms with Gasteiger partial charge in [-0.3, -0.25) is 0 Å². The number of halogens is 1. The average Bonchev–Trinajstić information content (AvgIpc) is 1.59. The molecule has 0 nitrogen and oxygen atoms in total. The molecule has 0 saturated heterocycles. The number of aryl methyl sites for hydroxylation is 2. The van der Waals surface area contributed by atoms with E-state index in [1.165, 1.54) is 11.1 Å². The zero-order valence-corrected chi connectivity index (χ0v) is 6.37. The van der Waals surface area contributed by atoms with Crippen LogP contribution in [0.25, 0.3) is 0 Å². The summed E-state index contributed by atoms with van der Waals surface area (Å²) in [5, 5.41) is 0.826. The van der Waals surface area contributed by atoms with Gasteiger partial charge in [-0.1, -0.05) is 17.7 Å². The summed E-state index contributed by atoms with van der Waals surface area (Å²) in [6.45, 7) is 4.08. The third-order valence-electron chi connectivity index (χ3n) is 1.19. The number of benzene rings is 1. The molecule has 0 aliphatic carbocycles. The van der Waals surface area contributed by atoms with Crippen LogP contribution in [-0.2, 0) is 0 Å². The fourth-order valence-electron chi connectivity index (χ4n) is 0.919. The fraction of sp³-hybridized carbons (Fsp3) is 0.250. The van der Waals surface area contributed by atoms with Gasteiger partial charge in [-0.15, -0.1) is 0 Å². The number of hydrogen-bond acceptors (Lipinski definition) is 0. The first-order valence-corrected chi connectivity index (χ1v) is 3.30. The van der Waals surface area contributed by atoms with Crippen LogP contribution in [0, 0.1) is 13.8 Å². The Balaban J connectivity index is 0.000000810. The van der Waals surface area contributed by atoms with Crippen molar-refractivity contribution in [2.75, 3.05) is 0 Å². The van der Waals surface area contributed by atoms with E-state index in [9.17, 15) is 0 Å². The van der Waals surface area contributed by atoms with Crippen LogP contribution in [0.5, 0.6) is 0 Å². The molecule has 1 aromatic carbocycles. The summed E-state index contributed by atoms with van der Waals surface area (Å²) in [7, 11) is 0. The Kier molecular flexibility index (Phi) is 3.69. The number of hydrogen-bond donors (Lipinski definition) is 0. The molecule has 56 valence electrons. The van der Waals surface area contributed by atoms with Crippen LogP contribution in [0.4, 0.5) is 0 Å². The lowest BCUT2D eigenvalue weighted by Gasteiger charge is -1.95. The van der Waals surface area contributed by atoms with E-state index in [0.29, 0.717) is 0 Å². The minimum Gasteiger partial charge on any atom is -0.0843 e. The lowest BCUT2D eigenvalue weighted by Crippen LogP contribution is -1.74. The first-order chi connectivity index (χ1) is 4.18. The molecule has 0 aromatic heterocycles. The van der Waals surface area contributed by atoms with Gasteiger partial charge >= 0.3 is 0 Å². The SMILES string of the molecule is Cc1cc(C)cc(Cl)c1.[SiH4]. The lowest BCUT2D eigenvalue weighted by atomic mass is 10.2. The van der Waals surface area contributed by atoms with Crippen molar-refractivity contribution in [2.45, 2.75) is 13.8 Å². The van der Waals surface area contributed by atoms with Crippen molar-refractivity contribution in [1.29, 1.82) is 0 Å². The van der Waals surface area contributed by atoms with Gasteiger partial charge in [0.1, 0.15) is 0 Å². The normalized spacial score (nSPS) is 8.70. The fourth-order valence-corrected chi connectivity index (χ4v) is 1.26. The molecule has 0 saturated carbocycles. The third-order valence-corrected chi connectivity index (χ3v) is 1.40. The highest BCUT2D eigenvalue weighted by atomic mass is 35.5. The van der Waals surface area contributed by atoms with E-state index < -0.39 is 0 Å². The second kappa shape index (κ2) is 3.79. The van der Waals surface area contributed by atoms with Crippen molar-refractivity contribution in [3.8, 4) is 0 Å². The van der Waals surface area contributed by atoms with E-state index >= 15 is 0 Å². The largest absolute Gasteiger partial charge is 0.0843 e. The molecule has 0 N–H and O–H groups in total. The summed E-state index contributed by atoms with van der Waals surface area (Å²) >= 11 is 5.75. The molecule has 0 amide bonds. The lowest BCUT2D eigenvalue weighted by molar-refractivity contribution is 1.39. The van der Waals surface area contributed by atoms with Crippen molar-refractivity contribution in [2.24, 2.45) is 0 Å². The van der Waals surface area contributed by atoms with Crippen LogP contribution in [0.3, 0.4) is 0 Å². The average molecular weight is 173 g/mol. The Hall–Kier alpha value is -0.273. The van der Waals surface area contributed by atoms with Crippen LogP contribution >= 0.6 is 11.6 Å². The summed E-state index contributed by atoms with van der Waals surface area (Å²) in [5.41, 5.74) is 2.44. The molecule has 0 spiro atoms. The standard InChI is InChI=1S/C8H9Cl.H4Si/c1-6-3-7(2)5-8(9)4-6;/h3-5H,1-2H3;1H4. The van der Waals surface area contributed by atoms with Gasteiger partial charge in [-0.2, -0.15) is 0 Å². The van der Waals surface area contributed by atoms with Gasteiger partial charge in [0.05, 0.1) is 0 Å². The quantitative estimate of drug-likeness (QED) is 0.521. The van der Waals surface area contributed by atoms with E-state index in [1.54, 1.807) is 0 Å². The predicted octanol–water partition coefficient (Wildman–Crippen LogP) is 1.51. The molecule has 0 radical (unpaired) electrons. The van der Waals surface area contributed by atoms with Gasteiger partial charge in [0.25, 0.3) is 0 Å². The molecular formula is C8H13ClSi. The maximum absolute atomic E-state index is 5.75. The molecule has 1 rings (SSSR count). The Morgan fingerprint density at radius 2 is 1.40 bits per heavy atom. The molecule has 0 atom stereocenters. The molecule has 0 unspecified atom stereocenters. The summed E-state index contributed by atoms with van der Waals surface area (Å²) in [5.74, 6) is 0. The van der Waals surface area contributed by atoms with Gasteiger partial charge < -0.3 is 0 Å². The van der Waals surface area contributed by atoms with E-state index in [4.69, 9.17) is 11.6 Å². The zero-order valence-electron chi connectivity index (χ0n) is 5.61. The van der Waals surface area contributed by atoms with Crippen molar-refractivity contribution in [3.63, 3.8) is 0 Å². The van der Waals surface area contributed by atoms with Crippen molar-refractivity contribution in [3.05, 3.63) is 34.3 Å². The molecule has 0 fully saturated rings. The number of rotatable bonds is 0. The highest BCUT2D eigenvalue weighted by molar-refractivity contribution is 6.30. The van der Waals surface area contributed by atoms with Gasteiger partial charge in [0.15, 0.2) is 0 Å². The summed E-state index contributed by atoms with van der Waals surface area (Å²) in [4.78, 5) is 0. The predicted molar refractivity (Wildman–Crippen MR) is 52.3 cm³/mol. The molecule has 0 heterocycles. The molecule has 0 aliphatic heterocycles. The Morgan fingerprint density at radius 3 is 1.70 bits per heavy atom. The minimum atomic E-state index is 0. The van der Waals surface area contributed by atoms with Crippen LogP contribution in [-0.4, -0.2) is 11.0 Å². The van der Waals surface area contributed by atoms with Crippen LogP contribution < -0.4 is 0 Å². The zero-order chi connectivity index (χ0) is 6.85. The van der Waals surface area contributed by atoms with Gasteiger partial charge in [0, 0.05) is 5.02 Å². The Labute approximate surface area is 71.2 Å². The van der Waals surface area contributed by atoms with Crippen molar-refractivity contribution >= 4 is 22.6 Å². The van der Waals surface area contributed by atoms with Gasteiger partial charge in [-0.05, 0) is 48.1 Å². The second-order valence-electron chi connectivity index (χ2n) is 2.31. The molecular weight excluding hydrogens is 160 g/mol. The topological polar surface area (TPSA) is 0 Å². The van der Waals surface area contributed by atoms with Gasteiger partial charge in [-0.25, -0.2) is 0 Å². The van der Waals surface area contributed by atoms with Crippen LogP contribution in [0.1, 0.15) is 11.1 Å². The maximum atomic E-state index is 5.75. The summed E-state index contributed by atoms with van der Waals surface area (Å²) in [6.07, 6.45) is 0. The minimum absolute atomic E-state index is 0. The van der Waals surface area contributed by atoms with Crippen molar-refractivity contribution in [1.82, 2.24) is 0 Å². The molecule has 10 heavy (non-hydrogen) atoms. The Bertz CT molecular complexity index is 170. The molecule has 2 heteroatoms. The van der Waals surface area contributed by atoms with E-state index in [1.807, 2.05) is 26.0 Å². The third kappa shape index (κ3) is 2.54. The Morgan fingerprint density at radius 1 is 1.00 bits per heavy atom. The second-order valence-corrected chi connectivity index (χ2v) is 2.74. The van der Waals surface area contributed by atoms with Crippen LogP contribution in [0.2, 0.25) is 5.02 Å². The van der Waals surface area contributed by atoms with Crippen molar-refractivity contribution < 1.29 is 0 Å². The van der Waals surface area contributed by atoms with E-state index in [2.05, 4.69) is 6.07 Å².